The van der Waals surface area contributed by atoms with E-state index in [1.807, 2.05) is 0 Å². The van der Waals surface area contributed by atoms with Crippen molar-refractivity contribution < 1.29 is 4.39 Å². The van der Waals surface area contributed by atoms with Crippen LogP contribution in [0.2, 0.25) is 5.02 Å². The van der Waals surface area contributed by atoms with Crippen LogP contribution in [0.25, 0.3) is 0 Å². The molecule has 0 aliphatic rings. The highest BCUT2D eigenvalue weighted by molar-refractivity contribution is 6.33. The van der Waals surface area contributed by atoms with Crippen molar-refractivity contribution in [3.05, 3.63) is 59.1 Å². The fraction of sp³-hybridized carbons (Fsp3) is 0.0833. The van der Waals surface area contributed by atoms with E-state index in [9.17, 15) is 4.39 Å². The molecule has 0 saturated carbocycles. The number of hydrogen-bond donors (Lipinski definition) is 1. The summed E-state index contributed by atoms with van der Waals surface area (Å²) in [6.45, 7) is 0.589. The van der Waals surface area contributed by atoms with Crippen LogP contribution >= 0.6 is 11.6 Å². The summed E-state index contributed by atoms with van der Waals surface area (Å²) in [5.74, 6) is -0.233. The largest absolute Gasteiger partial charge is 0.379 e. The average molecular weight is 237 g/mol. The predicted octanol–water partition coefficient (Wildman–Crippen LogP) is 3.49. The monoisotopic (exact) mass is 236 g/mol. The molecule has 0 fully saturated rings. The quantitative estimate of drug-likeness (QED) is 0.883. The number of benzene rings is 1. The third-order valence-electron chi connectivity index (χ3n) is 2.16. The van der Waals surface area contributed by atoms with E-state index in [0.717, 1.165) is 11.3 Å². The second kappa shape index (κ2) is 4.94. The van der Waals surface area contributed by atoms with Crippen molar-refractivity contribution in [3.63, 3.8) is 0 Å². The van der Waals surface area contributed by atoms with E-state index in [2.05, 4.69) is 10.3 Å². The lowest BCUT2D eigenvalue weighted by molar-refractivity contribution is 0.627. The maximum atomic E-state index is 12.7. The zero-order valence-electron chi connectivity index (χ0n) is 8.45. The number of hydrogen-bond acceptors (Lipinski definition) is 2. The lowest BCUT2D eigenvalue weighted by Gasteiger charge is -2.07. The van der Waals surface area contributed by atoms with Crippen LogP contribution in [0.5, 0.6) is 0 Å². The molecule has 4 heteroatoms. The van der Waals surface area contributed by atoms with Crippen LogP contribution in [0.3, 0.4) is 0 Å². The van der Waals surface area contributed by atoms with Gasteiger partial charge in [0, 0.05) is 12.7 Å². The van der Waals surface area contributed by atoms with Gasteiger partial charge in [-0.05, 0) is 23.8 Å². The molecule has 1 aromatic carbocycles. The van der Waals surface area contributed by atoms with Crippen LogP contribution in [-0.2, 0) is 6.54 Å². The van der Waals surface area contributed by atoms with Crippen LogP contribution in [0.4, 0.5) is 10.1 Å². The van der Waals surface area contributed by atoms with Crippen LogP contribution in [-0.4, -0.2) is 4.98 Å². The van der Waals surface area contributed by atoms with Gasteiger partial charge in [-0.15, -0.1) is 0 Å². The fourth-order valence-corrected chi connectivity index (χ4v) is 1.48. The molecule has 0 saturated heterocycles. The van der Waals surface area contributed by atoms with E-state index in [4.69, 9.17) is 11.6 Å². The molecule has 0 atom stereocenters. The third-order valence-corrected chi connectivity index (χ3v) is 2.49. The highest BCUT2D eigenvalue weighted by atomic mass is 35.5. The molecule has 0 aliphatic heterocycles. The smallest absolute Gasteiger partial charge is 0.123 e. The summed E-state index contributed by atoms with van der Waals surface area (Å²) >= 11 is 5.95. The molecular weight excluding hydrogens is 227 g/mol. The van der Waals surface area contributed by atoms with Gasteiger partial charge in [0.15, 0.2) is 0 Å². The number of nitrogens with one attached hydrogen (secondary N) is 1. The first-order valence-corrected chi connectivity index (χ1v) is 5.21. The van der Waals surface area contributed by atoms with E-state index >= 15 is 0 Å². The number of nitrogens with zero attached hydrogens (tertiary/aromatic N) is 1. The molecule has 0 unspecified atom stereocenters. The van der Waals surface area contributed by atoms with Gasteiger partial charge >= 0.3 is 0 Å². The Bertz CT molecular complexity index is 471. The Labute approximate surface area is 98.1 Å². The van der Waals surface area contributed by atoms with Crippen molar-refractivity contribution in [2.45, 2.75) is 6.54 Å². The van der Waals surface area contributed by atoms with Crippen molar-refractivity contribution in [3.8, 4) is 0 Å². The summed E-state index contributed by atoms with van der Waals surface area (Å²) < 4.78 is 12.7. The molecule has 0 spiro atoms. The number of halogens is 2. The van der Waals surface area contributed by atoms with E-state index < -0.39 is 0 Å². The fourth-order valence-electron chi connectivity index (χ4n) is 1.31. The highest BCUT2D eigenvalue weighted by Gasteiger charge is 1.99. The molecule has 1 heterocycles. The SMILES string of the molecule is Fc1ccc(CNc2cnccc2Cl)cc1. The minimum Gasteiger partial charge on any atom is -0.379 e. The molecule has 0 radical (unpaired) electrons. The first kappa shape index (κ1) is 10.9. The Hall–Kier alpha value is -1.61. The molecule has 0 aliphatic carbocycles. The number of aromatic nitrogens is 1. The van der Waals surface area contributed by atoms with E-state index in [0.29, 0.717) is 11.6 Å². The molecule has 82 valence electrons. The van der Waals surface area contributed by atoms with Gasteiger partial charge < -0.3 is 5.32 Å². The molecule has 2 nitrogen and oxygen atoms in total. The van der Waals surface area contributed by atoms with Crippen molar-refractivity contribution in [1.82, 2.24) is 4.98 Å². The number of pyridine rings is 1. The summed E-state index contributed by atoms with van der Waals surface area (Å²) in [6.07, 6.45) is 3.29. The normalized spacial score (nSPS) is 10.1. The van der Waals surface area contributed by atoms with E-state index in [-0.39, 0.29) is 5.82 Å². The first-order chi connectivity index (χ1) is 7.75. The lowest BCUT2D eigenvalue weighted by atomic mass is 10.2. The maximum absolute atomic E-state index is 12.7. The van der Waals surface area contributed by atoms with E-state index in [1.54, 1.807) is 30.6 Å². The Balaban J connectivity index is 2.02. The Morgan fingerprint density at radius 3 is 2.62 bits per heavy atom. The van der Waals surface area contributed by atoms with Gasteiger partial charge in [-0.25, -0.2) is 4.39 Å². The van der Waals surface area contributed by atoms with Gasteiger partial charge in [-0.3, -0.25) is 4.98 Å². The molecule has 2 rings (SSSR count). The van der Waals surface area contributed by atoms with Gasteiger partial charge in [-0.2, -0.15) is 0 Å². The second-order valence-electron chi connectivity index (χ2n) is 3.34. The third kappa shape index (κ3) is 2.70. The molecule has 1 aromatic heterocycles. The summed E-state index contributed by atoms with van der Waals surface area (Å²) in [5.41, 5.74) is 1.76. The average Bonchev–Trinajstić information content (AvgIpc) is 2.30. The number of anilines is 1. The zero-order valence-corrected chi connectivity index (χ0v) is 9.21. The van der Waals surface area contributed by atoms with Gasteiger partial charge in [0.1, 0.15) is 5.82 Å². The highest BCUT2D eigenvalue weighted by Crippen LogP contribution is 2.19. The molecule has 2 aromatic rings. The predicted molar refractivity (Wildman–Crippen MR) is 63.0 cm³/mol. The van der Waals surface area contributed by atoms with Crippen molar-refractivity contribution >= 4 is 17.3 Å². The van der Waals surface area contributed by atoms with E-state index in [1.165, 1.54) is 12.1 Å². The topological polar surface area (TPSA) is 24.9 Å². The molecular formula is C12H10ClFN2. The maximum Gasteiger partial charge on any atom is 0.123 e. The Morgan fingerprint density at radius 2 is 1.94 bits per heavy atom. The van der Waals surface area contributed by atoms with Crippen LogP contribution in [0.15, 0.2) is 42.7 Å². The van der Waals surface area contributed by atoms with Crippen LogP contribution in [0.1, 0.15) is 5.56 Å². The van der Waals surface area contributed by atoms with Gasteiger partial charge in [-0.1, -0.05) is 23.7 Å². The van der Waals surface area contributed by atoms with Gasteiger partial charge in [0.2, 0.25) is 0 Å². The zero-order chi connectivity index (χ0) is 11.4. The minimum absolute atomic E-state index is 0.233. The summed E-state index contributed by atoms with van der Waals surface area (Å²) in [6, 6.07) is 8.04. The summed E-state index contributed by atoms with van der Waals surface area (Å²) in [4.78, 5) is 3.96. The standard InChI is InChI=1S/C12H10ClFN2/c13-11-5-6-15-8-12(11)16-7-9-1-3-10(14)4-2-9/h1-6,8,16H,7H2. The number of rotatable bonds is 3. The minimum atomic E-state index is -0.233. The molecule has 1 N–H and O–H groups in total. The van der Waals surface area contributed by atoms with Gasteiger partial charge in [0.05, 0.1) is 16.9 Å². The Kier molecular flexibility index (Phi) is 3.37. The van der Waals surface area contributed by atoms with Crippen LogP contribution < -0.4 is 5.32 Å². The van der Waals surface area contributed by atoms with Crippen molar-refractivity contribution in [2.75, 3.05) is 5.32 Å². The Morgan fingerprint density at radius 1 is 1.19 bits per heavy atom. The van der Waals surface area contributed by atoms with Crippen LogP contribution in [0, 0.1) is 5.82 Å². The molecule has 16 heavy (non-hydrogen) atoms. The molecule has 0 amide bonds. The second-order valence-corrected chi connectivity index (χ2v) is 3.74. The van der Waals surface area contributed by atoms with Gasteiger partial charge in [0.25, 0.3) is 0 Å². The lowest BCUT2D eigenvalue weighted by Crippen LogP contribution is -2.00. The molecule has 0 bridgehead atoms. The van der Waals surface area contributed by atoms with Crippen molar-refractivity contribution in [1.29, 1.82) is 0 Å². The summed E-state index contributed by atoms with van der Waals surface area (Å²) in [5, 5.41) is 3.75. The first-order valence-electron chi connectivity index (χ1n) is 4.83. The van der Waals surface area contributed by atoms with Crippen molar-refractivity contribution in [2.24, 2.45) is 0 Å². The summed E-state index contributed by atoms with van der Waals surface area (Å²) in [7, 11) is 0.